The molecule has 0 saturated heterocycles. The molecule has 5 heteroatoms. The second-order valence-corrected chi connectivity index (χ2v) is 4.47. The van der Waals surface area contributed by atoms with E-state index in [4.69, 9.17) is 18.9 Å². The van der Waals surface area contributed by atoms with E-state index < -0.39 is 0 Å². The molecular weight excluding hydrogens is 272 g/mol. The second-order valence-electron chi connectivity index (χ2n) is 4.47. The van der Waals surface area contributed by atoms with E-state index in [2.05, 4.69) is 0 Å². The Morgan fingerprint density at radius 1 is 1.10 bits per heavy atom. The third kappa shape index (κ3) is 6.71. The van der Waals surface area contributed by atoms with Crippen LogP contribution in [0.2, 0.25) is 0 Å². The molecule has 0 bridgehead atoms. The van der Waals surface area contributed by atoms with Crippen LogP contribution in [0.5, 0.6) is 5.75 Å². The van der Waals surface area contributed by atoms with E-state index in [0.29, 0.717) is 45.2 Å². The number of ketones is 1. The van der Waals surface area contributed by atoms with Crippen LogP contribution >= 0.6 is 0 Å². The molecule has 0 aliphatic carbocycles. The average Bonchev–Trinajstić information content (AvgIpc) is 2.47. The summed E-state index contributed by atoms with van der Waals surface area (Å²) in [5.74, 6) is 0.782. The molecular formula is C16H24O5. The smallest absolute Gasteiger partial charge is 0.159 e. The predicted octanol–water partition coefficient (Wildman–Crippen LogP) is 2.47. The highest BCUT2D eigenvalue weighted by molar-refractivity contribution is 5.94. The van der Waals surface area contributed by atoms with Crippen LogP contribution in [0, 0.1) is 0 Å². The number of hydrogen-bond acceptors (Lipinski definition) is 5. The number of carbonyl (C=O) groups excluding carboxylic acids is 1. The number of hydrogen-bond donors (Lipinski definition) is 0. The molecule has 0 heterocycles. The Labute approximate surface area is 126 Å². The normalized spacial score (nSPS) is 10.6. The summed E-state index contributed by atoms with van der Waals surface area (Å²) in [6, 6.07) is 5.40. The van der Waals surface area contributed by atoms with E-state index in [1.165, 1.54) is 0 Å². The molecule has 1 aromatic carbocycles. The largest absolute Gasteiger partial charge is 0.494 e. The van der Waals surface area contributed by atoms with Gasteiger partial charge >= 0.3 is 0 Å². The minimum atomic E-state index is 0.0298. The molecule has 0 saturated carbocycles. The van der Waals surface area contributed by atoms with Crippen molar-refractivity contribution in [2.45, 2.75) is 20.5 Å². The molecule has 0 unspecified atom stereocenters. The van der Waals surface area contributed by atoms with Crippen molar-refractivity contribution in [1.29, 1.82) is 0 Å². The number of benzene rings is 1. The van der Waals surface area contributed by atoms with Crippen LogP contribution in [-0.2, 0) is 20.8 Å². The van der Waals surface area contributed by atoms with E-state index >= 15 is 0 Å². The Morgan fingerprint density at radius 3 is 2.48 bits per heavy atom. The highest BCUT2D eigenvalue weighted by Crippen LogP contribution is 2.21. The molecule has 1 aromatic rings. The molecule has 5 nitrogen and oxygen atoms in total. The van der Waals surface area contributed by atoms with Gasteiger partial charge in [0, 0.05) is 18.2 Å². The van der Waals surface area contributed by atoms with Crippen molar-refractivity contribution >= 4 is 5.78 Å². The van der Waals surface area contributed by atoms with Crippen molar-refractivity contribution < 1.29 is 23.7 Å². The van der Waals surface area contributed by atoms with Crippen molar-refractivity contribution in [3.8, 4) is 5.75 Å². The maximum absolute atomic E-state index is 11.4. The van der Waals surface area contributed by atoms with E-state index in [1.807, 2.05) is 19.1 Å². The van der Waals surface area contributed by atoms with Crippen LogP contribution < -0.4 is 4.74 Å². The maximum Gasteiger partial charge on any atom is 0.159 e. The molecule has 0 atom stereocenters. The lowest BCUT2D eigenvalue weighted by molar-refractivity contribution is 0.0195. The lowest BCUT2D eigenvalue weighted by Crippen LogP contribution is -2.09. The molecule has 0 aromatic heterocycles. The zero-order chi connectivity index (χ0) is 15.5. The summed E-state index contributed by atoms with van der Waals surface area (Å²) in [5.41, 5.74) is 1.54. The van der Waals surface area contributed by atoms with Gasteiger partial charge in [-0.3, -0.25) is 4.79 Å². The van der Waals surface area contributed by atoms with Crippen molar-refractivity contribution in [3.63, 3.8) is 0 Å². The van der Waals surface area contributed by atoms with Gasteiger partial charge in [0.15, 0.2) is 5.78 Å². The second kappa shape index (κ2) is 10.3. The van der Waals surface area contributed by atoms with E-state index in [9.17, 15) is 4.79 Å². The summed E-state index contributed by atoms with van der Waals surface area (Å²) in [6.45, 7) is 6.58. The molecule has 1 rings (SSSR count). The highest BCUT2D eigenvalue weighted by Gasteiger charge is 2.08. The first-order valence-electron chi connectivity index (χ1n) is 7.10. The first-order valence-corrected chi connectivity index (χ1v) is 7.10. The first-order chi connectivity index (χ1) is 10.2. The van der Waals surface area contributed by atoms with Gasteiger partial charge in [-0.1, -0.05) is 0 Å². The molecule has 0 radical (unpaired) electrons. The van der Waals surface area contributed by atoms with Crippen molar-refractivity contribution in [2.24, 2.45) is 0 Å². The maximum atomic E-state index is 11.4. The average molecular weight is 296 g/mol. The van der Waals surface area contributed by atoms with Gasteiger partial charge in [-0.05, 0) is 32.0 Å². The Hall–Kier alpha value is -1.43. The first kappa shape index (κ1) is 17.6. The predicted molar refractivity (Wildman–Crippen MR) is 80.0 cm³/mol. The quantitative estimate of drug-likeness (QED) is 0.464. The zero-order valence-electron chi connectivity index (χ0n) is 13.0. The summed E-state index contributed by atoms with van der Waals surface area (Å²) in [4.78, 5) is 11.4. The Morgan fingerprint density at radius 2 is 1.81 bits per heavy atom. The van der Waals surface area contributed by atoms with E-state index in [1.54, 1.807) is 20.1 Å². The minimum Gasteiger partial charge on any atom is -0.494 e. The molecule has 118 valence electrons. The van der Waals surface area contributed by atoms with Gasteiger partial charge < -0.3 is 18.9 Å². The molecule has 0 aliphatic rings. The summed E-state index contributed by atoms with van der Waals surface area (Å²) in [5, 5.41) is 0. The Kier molecular flexibility index (Phi) is 8.66. The third-order valence-corrected chi connectivity index (χ3v) is 2.83. The highest BCUT2D eigenvalue weighted by atomic mass is 16.5. The number of rotatable bonds is 11. The fourth-order valence-electron chi connectivity index (χ4n) is 1.75. The molecule has 0 amide bonds. The minimum absolute atomic E-state index is 0.0298. The van der Waals surface area contributed by atoms with Gasteiger partial charge in [-0.2, -0.15) is 0 Å². The fraction of sp³-hybridized carbons (Fsp3) is 0.562. The number of methoxy groups -OCH3 is 1. The van der Waals surface area contributed by atoms with Crippen LogP contribution in [0.3, 0.4) is 0 Å². The van der Waals surface area contributed by atoms with Crippen LogP contribution in [-0.4, -0.2) is 45.9 Å². The van der Waals surface area contributed by atoms with Gasteiger partial charge in [0.2, 0.25) is 0 Å². The lowest BCUT2D eigenvalue weighted by atomic mass is 10.1. The number of Topliss-reactive ketones (excluding diaryl/α,β-unsaturated/α-hetero) is 1. The fourth-order valence-corrected chi connectivity index (χ4v) is 1.75. The van der Waals surface area contributed by atoms with Gasteiger partial charge in [0.25, 0.3) is 0 Å². The lowest BCUT2D eigenvalue weighted by Gasteiger charge is -2.12. The van der Waals surface area contributed by atoms with Crippen LogP contribution in [0.4, 0.5) is 0 Å². The molecule has 0 fully saturated rings. The van der Waals surface area contributed by atoms with Gasteiger partial charge in [0.1, 0.15) is 5.75 Å². The summed E-state index contributed by atoms with van der Waals surface area (Å²) in [6.07, 6.45) is 0. The SMILES string of the molecule is CCOc1ccc(C(C)=O)cc1COCCOCCOC. The Bertz CT molecular complexity index is 431. The molecule has 21 heavy (non-hydrogen) atoms. The molecule has 0 N–H and O–H groups in total. The summed E-state index contributed by atoms with van der Waals surface area (Å²) >= 11 is 0. The summed E-state index contributed by atoms with van der Waals surface area (Å²) < 4.78 is 21.3. The van der Waals surface area contributed by atoms with E-state index in [0.717, 1.165) is 11.3 Å². The van der Waals surface area contributed by atoms with Crippen LogP contribution in [0.15, 0.2) is 18.2 Å². The van der Waals surface area contributed by atoms with Crippen molar-refractivity contribution in [3.05, 3.63) is 29.3 Å². The summed E-state index contributed by atoms with van der Waals surface area (Å²) in [7, 11) is 1.64. The van der Waals surface area contributed by atoms with Crippen LogP contribution in [0.1, 0.15) is 29.8 Å². The third-order valence-electron chi connectivity index (χ3n) is 2.83. The van der Waals surface area contributed by atoms with Gasteiger partial charge in [0.05, 0.1) is 39.6 Å². The number of carbonyl (C=O) groups is 1. The molecule has 0 aliphatic heterocycles. The van der Waals surface area contributed by atoms with Gasteiger partial charge in [-0.15, -0.1) is 0 Å². The van der Waals surface area contributed by atoms with Crippen molar-refractivity contribution in [1.82, 2.24) is 0 Å². The number of ether oxygens (including phenoxy) is 4. The molecule has 0 spiro atoms. The van der Waals surface area contributed by atoms with Crippen LogP contribution in [0.25, 0.3) is 0 Å². The topological polar surface area (TPSA) is 54.0 Å². The van der Waals surface area contributed by atoms with Crippen molar-refractivity contribution in [2.75, 3.05) is 40.1 Å². The van der Waals surface area contributed by atoms with Gasteiger partial charge in [-0.25, -0.2) is 0 Å². The monoisotopic (exact) mass is 296 g/mol. The standard InChI is InChI=1S/C16H24O5/c1-4-21-16-6-5-14(13(2)17)11-15(16)12-20-10-9-19-8-7-18-3/h5-6,11H,4,7-10,12H2,1-3H3. The zero-order valence-corrected chi connectivity index (χ0v) is 13.0. The Balaban J connectivity index is 2.47. The van der Waals surface area contributed by atoms with E-state index in [-0.39, 0.29) is 5.78 Å².